The lowest BCUT2D eigenvalue weighted by molar-refractivity contribution is 0.619. The Hall–Kier alpha value is -7.69. The first-order chi connectivity index (χ1) is 28.2. The SMILES string of the molecule is c1ccc(-c2ccc(N(c3ccc(-c4cc5oc(-c6ccccc6)nc5c5c4oc4ccccc45)cc3)c3cccc(-c4cccc5ccccc45)c3)cc2)cc1. The molecule has 4 nitrogen and oxygen atoms in total. The fraction of sp³-hybridized carbons (Fsp3) is 0. The van der Waals surface area contributed by atoms with Crippen LogP contribution in [0.5, 0.6) is 0 Å². The highest BCUT2D eigenvalue weighted by Crippen LogP contribution is 2.44. The monoisotopic (exact) mass is 730 g/mol. The lowest BCUT2D eigenvalue weighted by Gasteiger charge is -2.26. The number of benzene rings is 9. The maximum atomic E-state index is 6.62. The summed E-state index contributed by atoms with van der Waals surface area (Å²) in [6.45, 7) is 0. The topological polar surface area (TPSA) is 42.4 Å². The Morgan fingerprint density at radius 1 is 0.368 bits per heavy atom. The van der Waals surface area contributed by atoms with Crippen molar-refractivity contribution in [3.8, 4) is 44.8 Å². The van der Waals surface area contributed by atoms with Crippen LogP contribution in [0.15, 0.2) is 215 Å². The largest absolute Gasteiger partial charge is 0.455 e. The van der Waals surface area contributed by atoms with E-state index >= 15 is 0 Å². The predicted molar refractivity (Wildman–Crippen MR) is 235 cm³/mol. The van der Waals surface area contributed by atoms with Crippen molar-refractivity contribution in [1.29, 1.82) is 0 Å². The van der Waals surface area contributed by atoms with Gasteiger partial charge in [0.25, 0.3) is 0 Å². The molecule has 0 saturated carbocycles. The second kappa shape index (κ2) is 13.6. The van der Waals surface area contributed by atoms with Gasteiger partial charge in [-0.3, -0.25) is 0 Å². The number of furan rings is 1. The third-order valence-corrected chi connectivity index (χ3v) is 10.9. The first-order valence-corrected chi connectivity index (χ1v) is 19.2. The Labute approximate surface area is 329 Å². The molecule has 0 unspecified atom stereocenters. The van der Waals surface area contributed by atoms with Crippen LogP contribution in [-0.2, 0) is 0 Å². The van der Waals surface area contributed by atoms with Crippen LogP contribution >= 0.6 is 0 Å². The molecule has 2 aromatic heterocycles. The van der Waals surface area contributed by atoms with Crippen molar-refractivity contribution in [3.05, 3.63) is 206 Å². The van der Waals surface area contributed by atoms with E-state index in [-0.39, 0.29) is 0 Å². The lowest BCUT2D eigenvalue weighted by Crippen LogP contribution is -2.10. The molecule has 0 N–H and O–H groups in total. The molecule has 11 rings (SSSR count). The zero-order chi connectivity index (χ0) is 37.7. The van der Waals surface area contributed by atoms with Crippen molar-refractivity contribution in [3.63, 3.8) is 0 Å². The molecule has 0 aliphatic carbocycles. The highest BCUT2D eigenvalue weighted by atomic mass is 16.4. The highest BCUT2D eigenvalue weighted by Gasteiger charge is 2.22. The highest BCUT2D eigenvalue weighted by molar-refractivity contribution is 6.20. The minimum atomic E-state index is 0.587. The predicted octanol–water partition coefficient (Wildman–Crippen LogP) is 15.0. The van der Waals surface area contributed by atoms with Crippen LogP contribution in [0.2, 0.25) is 0 Å². The van der Waals surface area contributed by atoms with Crippen molar-refractivity contribution in [2.75, 3.05) is 4.90 Å². The fourth-order valence-corrected chi connectivity index (χ4v) is 8.15. The van der Waals surface area contributed by atoms with E-state index in [0.29, 0.717) is 5.89 Å². The zero-order valence-electron chi connectivity index (χ0n) is 30.8. The summed E-state index contributed by atoms with van der Waals surface area (Å²) < 4.78 is 13.1. The summed E-state index contributed by atoms with van der Waals surface area (Å²) >= 11 is 0. The second-order valence-electron chi connectivity index (χ2n) is 14.3. The van der Waals surface area contributed by atoms with Gasteiger partial charge in [-0.05, 0) is 99.3 Å². The summed E-state index contributed by atoms with van der Waals surface area (Å²) in [6.07, 6.45) is 0. The van der Waals surface area contributed by atoms with Gasteiger partial charge in [-0.2, -0.15) is 0 Å². The van der Waals surface area contributed by atoms with Gasteiger partial charge < -0.3 is 13.7 Å². The number of rotatable bonds is 7. The number of hydrogen-bond donors (Lipinski definition) is 0. The minimum Gasteiger partial charge on any atom is -0.455 e. The van der Waals surface area contributed by atoms with Gasteiger partial charge >= 0.3 is 0 Å². The number of para-hydroxylation sites is 1. The third-order valence-electron chi connectivity index (χ3n) is 10.9. The molecule has 0 atom stereocenters. The minimum absolute atomic E-state index is 0.587. The van der Waals surface area contributed by atoms with E-state index < -0.39 is 0 Å². The summed E-state index contributed by atoms with van der Waals surface area (Å²) in [5, 5.41) is 4.43. The normalized spacial score (nSPS) is 11.5. The summed E-state index contributed by atoms with van der Waals surface area (Å²) in [5.74, 6) is 0.587. The van der Waals surface area contributed by atoms with Crippen LogP contribution in [0, 0.1) is 0 Å². The van der Waals surface area contributed by atoms with Crippen molar-refractivity contribution >= 4 is 60.9 Å². The Kier molecular flexibility index (Phi) is 7.78. The Balaban J connectivity index is 1.05. The van der Waals surface area contributed by atoms with Crippen LogP contribution in [0.4, 0.5) is 17.1 Å². The van der Waals surface area contributed by atoms with E-state index in [2.05, 4.69) is 163 Å². The molecule has 0 spiro atoms. The molecule has 57 heavy (non-hydrogen) atoms. The van der Waals surface area contributed by atoms with E-state index in [1.807, 2.05) is 48.5 Å². The molecule has 0 saturated heterocycles. The second-order valence-corrected chi connectivity index (χ2v) is 14.3. The number of hydrogen-bond acceptors (Lipinski definition) is 4. The molecule has 4 heteroatoms. The number of aromatic nitrogens is 1. The van der Waals surface area contributed by atoms with E-state index in [9.17, 15) is 0 Å². The molecular weight excluding hydrogens is 697 g/mol. The van der Waals surface area contributed by atoms with Crippen LogP contribution in [-0.4, -0.2) is 4.98 Å². The van der Waals surface area contributed by atoms with Gasteiger partial charge in [0.15, 0.2) is 5.58 Å². The summed E-state index contributed by atoms with van der Waals surface area (Å²) in [6, 6.07) is 72.3. The first kappa shape index (κ1) is 32.7. The van der Waals surface area contributed by atoms with Gasteiger partial charge in [0.2, 0.25) is 5.89 Å². The molecule has 9 aromatic carbocycles. The summed E-state index contributed by atoms with van der Waals surface area (Å²) in [5.41, 5.74) is 13.9. The smallest absolute Gasteiger partial charge is 0.227 e. The Morgan fingerprint density at radius 3 is 1.74 bits per heavy atom. The summed E-state index contributed by atoms with van der Waals surface area (Å²) in [7, 11) is 0. The van der Waals surface area contributed by atoms with E-state index in [4.69, 9.17) is 13.8 Å². The van der Waals surface area contributed by atoms with Crippen LogP contribution < -0.4 is 4.90 Å². The van der Waals surface area contributed by atoms with E-state index in [1.54, 1.807) is 0 Å². The summed E-state index contributed by atoms with van der Waals surface area (Å²) in [4.78, 5) is 7.34. The van der Waals surface area contributed by atoms with Gasteiger partial charge in [0.05, 0.1) is 5.39 Å². The molecule has 268 valence electrons. The molecular formula is C53H34N2O2. The van der Waals surface area contributed by atoms with E-state index in [1.165, 1.54) is 27.5 Å². The van der Waals surface area contributed by atoms with Gasteiger partial charge in [-0.25, -0.2) is 4.98 Å². The van der Waals surface area contributed by atoms with Crippen LogP contribution in [0.25, 0.3) is 88.6 Å². The standard InChI is InChI=1S/C53H34N2O2/c1-3-13-35(14-4-1)36-25-29-41(30-26-36)55(43-20-11-19-40(33-43)45-23-12-18-37-15-7-8-21-44(37)45)42-31-27-38(28-32-42)47-34-49-51(54-53(57-49)39-16-5-2-6-17-39)50-46-22-9-10-24-48(46)56-52(47)50/h1-34H. The zero-order valence-corrected chi connectivity index (χ0v) is 30.8. The molecule has 0 fully saturated rings. The molecule has 0 aliphatic heterocycles. The van der Waals surface area contributed by atoms with Crippen LogP contribution in [0.3, 0.4) is 0 Å². The fourth-order valence-electron chi connectivity index (χ4n) is 8.15. The maximum absolute atomic E-state index is 6.62. The van der Waals surface area contributed by atoms with Gasteiger partial charge in [0, 0.05) is 33.6 Å². The molecule has 11 aromatic rings. The molecule has 0 radical (unpaired) electrons. The third kappa shape index (κ3) is 5.74. The van der Waals surface area contributed by atoms with Crippen LogP contribution in [0.1, 0.15) is 0 Å². The maximum Gasteiger partial charge on any atom is 0.227 e. The first-order valence-electron chi connectivity index (χ1n) is 19.2. The van der Waals surface area contributed by atoms with Gasteiger partial charge in [-0.15, -0.1) is 0 Å². The number of oxazole rings is 1. The van der Waals surface area contributed by atoms with Gasteiger partial charge in [-0.1, -0.05) is 146 Å². The molecule has 0 amide bonds. The Morgan fingerprint density at radius 2 is 0.965 bits per heavy atom. The molecule has 0 bridgehead atoms. The Bertz CT molecular complexity index is 3210. The number of nitrogens with zero attached hydrogens (tertiary/aromatic N) is 2. The van der Waals surface area contributed by atoms with Crippen molar-refractivity contribution in [1.82, 2.24) is 4.98 Å². The van der Waals surface area contributed by atoms with Crippen molar-refractivity contribution in [2.45, 2.75) is 0 Å². The van der Waals surface area contributed by atoms with Crippen molar-refractivity contribution in [2.24, 2.45) is 0 Å². The number of anilines is 3. The van der Waals surface area contributed by atoms with E-state index in [0.717, 1.165) is 72.4 Å². The quantitative estimate of drug-likeness (QED) is 0.164. The molecule has 0 aliphatic rings. The number of fused-ring (bicyclic) bond motifs is 6. The molecule has 2 heterocycles. The van der Waals surface area contributed by atoms with Crippen molar-refractivity contribution < 1.29 is 8.83 Å². The average molecular weight is 731 g/mol. The average Bonchev–Trinajstić information content (AvgIpc) is 3.90. The lowest BCUT2D eigenvalue weighted by atomic mass is 9.97. The van der Waals surface area contributed by atoms with Gasteiger partial charge in [0.1, 0.15) is 16.7 Å².